The van der Waals surface area contributed by atoms with E-state index in [-0.39, 0.29) is 45.3 Å². The molecule has 0 aromatic heterocycles. The second-order valence-corrected chi connectivity index (χ2v) is 21.0. The average molecular weight is 902 g/mol. The molecule has 5 amide bonds. The molecule has 5 aliphatic rings. The number of nitroso groups, excluding NO2 is 1. The Morgan fingerprint density at radius 1 is 1.00 bits per heavy atom. The fourth-order valence-electron chi connectivity index (χ4n) is 7.95. The van der Waals surface area contributed by atoms with Crippen molar-refractivity contribution in [3.8, 4) is 0 Å². The highest BCUT2D eigenvalue weighted by atomic mass is 32.2. The first-order valence-electron chi connectivity index (χ1n) is 20.2. The Labute approximate surface area is 357 Å². The third-order valence-electron chi connectivity index (χ3n) is 11.4. The van der Waals surface area contributed by atoms with E-state index in [1.54, 1.807) is 39.0 Å². The van der Waals surface area contributed by atoms with Gasteiger partial charge in [-0.15, -0.1) is 4.91 Å². The number of fused-ring (bicyclic) bond motifs is 3. The van der Waals surface area contributed by atoms with E-state index < -0.39 is 120 Å². The fraction of sp³-hybridized carbons (Fsp3) is 0.525. The Morgan fingerprint density at radius 2 is 1.74 bits per heavy atom. The van der Waals surface area contributed by atoms with Crippen molar-refractivity contribution in [1.82, 2.24) is 29.5 Å². The maximum atomic E-state index is 14.9. The van der Waals surface area contributed by atoms with E-state index in [0.29, 0.717) is 24.0 Å². The molecule has 2 aliphatic carbocycles. The summed E-state index contributed by atoms with van der Waals surface area (Å²) in [6.45, 7) is 3.19. The van der Waals surface area contributed by atoms with E-state index in [2.05, 4.69) is 20.5 Å². The molecule has 1 saturated heterocycles. The van der Waals surface area contributed by atoms with Gasteiger partial charge >= 0.3 is 12.2 Å². The minimum Gasteiger partial charge on any atom is -0.444 e. The lowest BCUT2D eigenvalue weighted by molar-refractivity contribution is -0.141. The van der Waals surface area contributed by atoms with E-state index in [9.17, 15) is 50.1 Å². The number of sulfonamides is 2. The zero-order valence-electron chi connectivity index (χ0n) is 34.2. The van der Waals surface area contributed by atoms with Crippen LogP contribution in [0.2, 0.25) is 0 Å². The quantitative estimate of drug-likeness (QED) is 0.256. The zero-order chi connectivity index (χ0) is 44.8. The number of nitrogens with one attached hydrogen (secondary N) is 3. The van der Waals surface area contributed by atoms with Gasteiger partial charge in [-0.05, 0) is 81.8 Å². The number of benzene rings is 2. The molecule has 0 spiro atoms. The van der Waals surface area contributed by atoms with Gasteiger partial charge in [0.15, 0.2) is 0 Å². The third kappa shape index (κ3) is 9.45. The predicted octanol–water partition coefficient (Wildman–Crippen LogP) is 3.06. The van der Waals surface area contributed by atoms with E-state index in [1.807, 2.05) is 0 Å². The molecule has 19 nitrogen and oxygen atoms in total. The normalized spacial score (nSPS) is 26.4. The van der Waals surface area contributed by atoms with Crippen molar-refractivity contribution in [3.05, 3.63) is 76.5 Å². The first-order chi connectivity index (χ1) is 29.2. The van der Waals surface area contributed by atoms with Crippen molar-refractivity contribution >= 4 is 55.6 Å². The Bertz CT molecular complexity index is 2420. The summed E-state index contributed by atoms with van der Waals surface area (Å²) in [6, 6.07) is 6.36. The van der Waals surface area contributed by atoms with Crippen molar-refractivity contribution in [2.75, 3.05) is 19.6 Å². The monoisotopic (exact) mass is 901 g/mol. The molecular weight excluding hydrogens is 854 g/mol. The minimum absolute atomic E-state index is 0.00870. The van der Waals surface area contributed by atoms with Crippen LogP contribution in [0.3, 0.4) is 0 Å². The number of alkyl carbamates (subject to hydrolysis) is 1. The van der Waals surface area contributed by atoms with E-state index in [0.717, 1.165) is 9.21 Å². The second kappa shape index (κ2) is 17.0. The third-order valence-corrected chi connectivity index (χ3v) is 15.1. The smallest absolute Gasteiger partial charge is 0.410 e. The van der Waals surface area contributed by atoms with Crippen molar-refractivity contribution in [2.24, 2.45) is 11.1 Å². The SMILES string of the molecule is CC(C)(C)OC(=O)N[C@H]1CN(S(=O)(=O)c2ccccc2N=O)CCC/C=C\[C@@H]2C[C@@]2(C(=O)NS(=O)(=O)C2CC2)NC(=O)C2C[C@@H](OC(=O)N3Cc4cccc(F)c4C3)CN2C1=O. The van der Waals surface area contributed by atoms with Crippen LogP contribution in [0.15, 0.2) is 64.7 Å². The van der Waals surface area contributed by atoms with Crippen LogP contribution in [0, 0.1) is 16.6 Å². The predicted molar refractivity (Wildman–Crippen MR) is 217 cm³/mol. The lowest BCUT2D eigenvalue weighted by Crippen LogP contribution is -2.60. The summed E-state index contributed by atoms with van der Waals surface area (Å²) < 4.78 is 83.4. The molecule has 0 radical (unpaired) electrons. The first-order valence-corrected chi connectivity index (χ1v) is 23.2. The van der Waals surface area contributed by atoms with Crippen LogP contribution in [0.1, 0.15) is 70.4 Å². The van der Waals surface area contributed by atoms with E-state index in [4.69, 9.17) is 9.47 Å². The molecule has 2 aromatic rings. The number of ether oxygens (including phenoxy) is 2. The molecule has 2 aromatic carbocycles. The van der Waals surface area contributed by atoms with Crippen LogP contribution >= 0.6 is 0 Å². The molecule has 3 N–H and O–H groups in total. The van der Waals surface area contributed by atoms with Crippen molar-refractivity contribution in [1.29, 1.82) is 0 Å². The number of nitrogens with zero attached hydrogens (tertiary/aromatic N) is 4. The van der Waals surface area contributed by atoms with Gasteiger partial charge in [0, 0.05) is 37.5 Å². The largest absolute Gasteiger partial charge is 0.444 e. The highest BCUT2D eigenvalue weighted by Crippen LogP contribution is 2.46. The summed E-state index contributed by atoms with van der Waals surface area (Å²) in [5.74, 6) is -4.09. The van der Waals surface area contributed by atoms with Gasteiger partial charge in [-0.1, -0.05) is 36.4 Å². The highest BCUT2D eigenvalue weighted by molar-refractivity contribution is 7.91. The molecule has 0 bridgehead atoms. The number of amides is 5. The van der Waals surface area contributed by atoms with Crippen LogP contribution in [0.4, 0.5) is 19.7 Å². The summed E-state index contributed by atoms with van der Waals surface area (Å²) in [5, 5.41) is 7.28. The molecule has 2 saturated carbocycles. The van der Waals surface area contributed by atoms with Gasteiger partial charge in [-0.3, -0.25) is 24.0 Å². The Hall–Kier alpha value is -5.48. The summed E-state index contributed by atoms with van der Waals surface area (Å²) in [5.41, 5.74) is -2.35. The fourth-order valence-corrected chi connectivity index (χ4v) is 10.9. The number of halogens is 1. The molecular formula is C40H48FN7O12S2. The summed E-state index contributed by atoms with van der Waals surface area (Å²) in [4.78, 5) is 83.7. The Kier molecular flexibility index (Phi) is 12.2. The highest BCUT2D eigenvalue weighted by Gasteiger charge is 2.62. The van der Waals surface area contributed by atoms with Crippen LogP contribution in [0.25, 0.3) is 0 Å². The molecule has 1 unspecified atom stereocenters. The van der Waals surface area contributed by atoms with Crippen molar-refractivity contribution in [3.63, 3.8) is 0 Å². The lowest BCUT2D eigenvalue weighted by atomic mass is 10.1. The maximum Gasteiger partial charge on any atom is 0.410 e. The summed E-state index contributed by atoms with van der Waals surface area (Å²) in [6.07, 6.45) is 0.850. The Balaban J connectivity index is 1.25. The maximum absolute atomic E-state index is 14.9. The Morgan fingerprint density at radius 3 is 2.44 bits per heavy atom. The summed E-state index contributed by atoms with van der Waals surface area (Å²) in [7, 11) is -8.68. The number of carbonyl (C=O) groups is 5. The number of hydrogen-bond donors (Lipinski definition) is 3. The second-order valence-electron chi connectivity index (χ2n) is 17.1. The molecule has 62 heavy (non-hydrogen) atoms. The van der Waals surface area contributed by atoms with Crippen molar-refractivity contribution < 1.29 is 54.7 Å². The van der Waals surface area contributed by atoms with Crippen LogP contribution in [0.5, 0.6) is 0 Å². The van der Waals surface area contributed by atoms with Crippen LogP contribution in [-0.4, -0.2) is 115 Å². The van der Waals surface area contributed by atoms with Gasteiger partial charge in [0.05, 0.1) is 18.3 Å². The first kappa shape index (κ1) is 44.6. The molecule has 3 aliphatic heterocycles. The summed E-state index contributed by atoms with van der Waals surface area (Å²) >= 11 is 0. The van der Waals surface area contributed by atoms with E-state index in [1.165, 1.54) is 41.3 Å². The number of hydrogen-bond acceptors (Lipinski definition) is 13. The molecule has 334 valence electrons. The van der Waals surface area contributed by atoms with E-state index >= 15 is 0 Å². The number of rotatable bonds is 8. The zero-order valence-corrected chi connectivity index (χ0v) is 35.9. The van der Waals surface area contributed by atoms with Gasteiger partial charge in [0.25, 0.3) is 5.91 Å². The minimum atomic E-state index is -4.62. The van der Waals surface area contributed by atoms with Gasteiger partial charge in [0.2, 0.25) is 31.9 Å². The molecule has 7 rings (SSSR count). The molecule has 22 heteroatoms. The van der Waals surface area contributed by atoms with Gasteiger partial charge in [-0.2, -0.15) is 4.31 Å². The number of allylic oxidation sites excluding steroid dienone is 1. The lowest BCUT2D eigenvalue weighted by Gasteiger charge is -2.32. The van der Waals surface area contributed by atoms with Gasteiger partial charge in [0.1, 0.15) is 45.7 Å². The van der Waals surface area contributed by atoms with Gasteiger partial charge in [-0.25, -0.2) is 30.8 Å². The average Bonchev–Trinajstić information content (AvgIpc) is 4.09. The van der Waals surface area contributed by atoms with Crippen LogP contribution in [-0.2, 0) is 57.0 Å². The molecule has 3 heterocycles. The standard InChI is InChI=1S/C40H48FN7O12S2/c1-39(2,3)60-37(52)42-31-23-47(62(57,58)33-14-7-6-13-30(33)44-54)17-8-4-5-11-25-19-40(25,36(51)45-61(55,56)27-15-16-27)43-34(49)32-18-26(21-48(32)35(31)50)59-38(53)46-20-24-10-9-12-29(41)28(24)22-46/h5-7,9-14,25-27,31-32H,4,8,15-23H2,1-3H3,(H,42,52)(H,43,49)(H,45,51)/b11-5-/t25-,26-,31+,32?,40-/m1/s1. The number of carbonyl (C=O) groups excluding carboxylic acids is 5. The molecule has 3 fully saturated rings. The van der Waals surface area contributed by atoms with Crippen LogP contribution < -0.4 is 15.4 Å². The molecule has 5 atom stereocenters. The van der Waals surface area contributed by atoms with Crippen molar-refractivity contribution in [2.45, 2.75) is 112 Å². The van der Waals surface area contributed by atoms with Gasteiger partial charge < -0.3 is 25.0 Å². The topological polar surface area (TPSA) is 247 Å².